The van der Waals surface area contributed by atoms with Crippen LogP contribution in [0.25, 0.3) is 0 Å². The summed E-state index contributed by atoms with van der Waals surface area (Å²) in [6.07, 6.45) is 0. The number of amides is 2. The van der Waals surface area contributed by atoms with Crippen LogP contribution in [0.1, 0.15) is 0 Å². The van der Waals surface area contributed by atoms with E-state index >= 15 is 0 Å². The Labute approximate surface area is 79.3 Å². The molecule has 0 aromatic heterocycles. The molecule has 1 aliphatic rings. The molecule has 1 saturated heterocycles. The molecule has 0 unspecified atom stereocenters. The summed E-state index contributed by atoms with van der Waals surface area (Å²) in [4.78, 5) is 12.5. The number of carbonyl (C=O) groups excluding carboxylic acids is 1. The number of carbonyl (C=O) groups is 1. The molecule has 74 valence electrons. The molecular weight excluding hydrogens is 190 g/mol. The van der Waals surface area contributed by atoms with Crippen molar-refractivity contribution < 1.29 is 13.6 Å². The highest BCUT2D eigenvalue weighted by Gasteiger charge is 2.21. The number of nitrogens with zero attached hydrogens (tertiary/aromatic N) is 1. The number of benzene rings is 1. The van der Waals surface area contributed by atoms with E-state index in [2.05, 4.69) is 5.32 Å². The maximum Gasteiger partial charge on any atom is 0.321 e. The van der Waals surface area contributed by atoms with Crippen molar-refractivity contribution in [3.8, 4) is 0 Å². The minimum absolute atomic E-state index is 0.281. The molecule has 0 atom stereocenters. The first-order valence-corrected chi connectivity index (χ1v) is 4.19. The topological polar surface area (TPSA) is 32.3 Å². The van der Waals surface area contributed by atoms with Gasteiger partial charge in [0.15, 0.2) is 11.6 Å². The third-order valence-corrected chi connectivity index (χ3v) is 2.07. The number of hydrogen-bond acceptors (Lipinski definition) is 1. The molecule has 1 aromatic rings. The van der Waals surface area contributed by atoms with E-state index in [1.54, 1.807) is 0 Å². The van der Waals surface area contributed by atoms with Crippen LogP contribution in [0.3, 0.4) is 0 Å². The van der Waals surface area contributed by atoms with E-state index in [9.17, 15) is 13.6 Å². The van der Waals surface area contributed by atoms with Crippen LogP contribution in [0.5, 0.6) is 0 Å². The molecule has 0 radical (unpaired) electrons. The lowest BCUT2D eigenvalue weighted by Crippen LogP contribution is -2.27. The second-order valence-corrected chi connectivity index (χ2v) is 2.98. The Kier molecular flexibility index (Phi) is 2.07. The molecule has 0 aliphatic carbocycles. The Morgan fingerprint density at radius 1 is 1.29 bits per heavy atom. The zero-order chi connectivity index (χ0) is 10.1. The van der Waals surface area contributed by atoms with Gasteiger partial charge in [0.25, 0.3) is 0 Å². The lowest BCUT2D eigenvalue weighted by Gasteiger charge is -2.13. The molecule has 3 nitrogen and oxygen atoms in total. The SMILES string of the molecule is O=C1NCCN1c1ccc(F)c(F)c1. The average Bonchev–Trinajstić information content (AvgIpc) is 2.57. The molecule has 1 N–H and O–H groups in total. The van der Waals surface area contributed by atoms with Crippen molar-refractivity contribution in [2.24, 2.45) is 0 Å². The lowest BCUT2D eigenvalue weighted by molar-refractivity contribution is 0.252. The summed E-state index contributed by atoms with van der Waals surface area (Å²) < 4.78 is 25.4. The van der Waals surface area contributed by atoms with Crippen molar-refractivity contribution in [3.05, 3.63) is 29.8 Å². The Morgan fingerprint density at radius 3 is 2.64 bits per heavy atom. The van der Waals surface area contributed by atoms with Gasteiger partial charge in [-0.05, 0) is 12.1 Å². The molecule has 1 heterocycles. The van der Waals surface area contributed by atoms with Gasteiger partial charge in [0.1, 0.15) is 0 Å². The first kappa shape index (κ1) is 8.93. The predicted molar refractivity (Wildman–Crippen MR) is 47.1 cm³/mol. The van der Waals surface area contributed by atoms with Crippen LogP contribution in [0, 0.1) is 11.6 Å². The second kappa shape index (κ2) is 3.25. The minimum atomic E-state index is -0.942. The summed E-state index contributed by atoms with van der Waals surface area (Å²) in [5.41, 5.74) is 0.374. The van der Waals surface area contributed by atoms with E-state index in [1.165, 1.54) is 11.0 Å². The number of halogens is 2. The third kappa shape index (κ3) is 1.41. The van der Waals surface area contributed by atoms with Crippen LogP contribution in [0.15, 0.2) is 18.2 Å². The molecule has 14 heavy (non-hydrogen) atoms. The van der Waals surface area contributed by atoms with E-state index in [0.717, 1.165) is 12.1 Å². The molecule has 1 fully saturated rings. The van der Waals surface area contributed by atoms with Gasteiger partial charge in [-0.1, -0.05) is 0 Å². The normalized spacial score (nSPS) is 15.9. The number of hydrogen-bond donors (Lipinski definition) is 1. The largest absolute Gasteiger partial charge is 0.336 e. The maximum absolute atomic E-state index is 12.8. The van der Waals surface area contributed by atoms with Gasteiger partial charge in [0, 0.05) is 24.8 Å². The standard InChI is InChI=1S/C9H8F2N2O/c10-7-2-1-6(5-8(7)11)13-4-3-12-9(13)14/h1-2,5H,3-4H2,(H,12,14). The summed E-state index contributed by atoms with van der Waals surface area (Å²) in [6.45, 7) is 1.00. The van der Waals surface area contributed by atoms with Crippen molar-refractivity contribution in [1.82, 2.24) is 5.32 Å². The van der Waals surface area contributed by atoms with Crippen LogP contribution in [0.4, 0.5) is 19.3 Å². The quantitative estimate of drug-likeness (QED) is 0.728. The fourth-order valence-corrected chi connectivity index (χ4v) is 1.37. The van der Waals surface area contributed by atoms with Gasteiger partial charge in [-0.15, -0.1) is 0 Å². The number of urea groups is 1. The Balaban J connectivity index is 2.32. The maximum atomic E-state index is 12.8. The molecule has 1 aromatic carbocycles. The highest BCUT2D eigenvalue weighted by molar-refractivity contribution is 5.93. The molecule has 0 bridgehead atoms. The van der Waals surface area contributed by atoms with Crippen molar-refractivity contribution >= 4 is 11.7 Å². The van der Waals surface area contributed by atoms with Crippen molar-refractivity contribution in [2.75, 3.05) is 18.0 Å². The summed E-state index contributed by atoms with van der Waals surface area (Å²) >= 11 is 0. The lowest BCUT2D eigenvalue weighted by atomic mass is 10.3. The Morgan fingerprint density at radius 2 is 2.07 bits per heavy atom. The van der Waals surface area contributed by atoms with Gasteiger partial charge < -0.3 is 5.32 Å². The number of anilines is 1. The Bertz CT molecular complexity index is 381. The van der Waals surface area contributed by atoms with Crippen LogP contribution >= 0.6 is 0 Å². The smallest absolute Gasteiger partial charge is 0.321 e. The number of rotatable bonds is 1. The van der Waals surface area contributed by atoms with Gasteiger partial charge >= 0.3 is 6.03 Å². The summed E-state index contributed by atoms with van der Waals surface area (Å²) in [5, 5.41) is 2.57. The van der Waals surface area contributed by atoms with E-state index in [0.29, 0.717) is 18.8 Å². The highest BCUT2D eigenvalue weighted by atomic mass is 19.2. The predicted octanol–water partition coefficient (Wildman–Crippen LogP) is 1.49. The van der Waals surface area contributed by atoms with E-state index in [4.69, 9.17) is 0 Å². The van der Waals surface area contributed by atoms with Gasteiger partial charge in [-0.2, -0.15) is 0 Å². The molecule has 1 aliphatic heterocycles. The minimum Gasteiger partial charge on any atom is -0.336 e. The molecule has 0 saturated carbocycles. The first-order chi connectivity index (χ1) is 6.68. The molecule has 2 amide bonds. The Hall–Kier alpha value is -1.65. The molecular formula is C9H8F2N2O. The van der Waals surface area contributed by atoms with Crippen molar-refractivity contribution in [1.29, 1.82) is 0 Å². The second-order valence-electron chi connectivity index (χ2n) is 2.98. The van der Waals surface area contributed by atoms with Gasteiger partial charge in [0.2, 0.25) is 0 Å². The number of nitrogens with one attached hydrogen (secondary N) is 1. The van der Waals surface area contributed by atoms with E-state index < -0.39 is 11.6 Å². The fourth-order valence-electron chi connectivity index (χ4n) is 1.37. The van der Waals surface area contributed by atoms with Crippen LogP contribution in [-0.2, 0) is 0 Å². The molecule has 5 heteroatoms. The molecule has 0 spiro atoms. The van der Waals surface area contributed by atoms with Crippen molar-refractivity contribution in [3.63, 3.8) is 0 Å². The van der Waals surface area contributed by atoms with Crippen LogP contribution in [0.2, 0.25) is 0 Å². The molecule has 2 rings (SSSR count). The van der Waals surface area contributed by atoms with Gasteiger partial charge in [-0.25, -0.2) is 13.6 Å². The average molecular weight is 198 g/mol. The zero-order valence-corrected chi connectivity index (χ0v) is 7.26. The van der Waals surface area contributed by atoms with Gasteiger partial charge in [0.05, 0.1) is 0 Å². The van der Waals surface area contributed by atoms with Crippen LogP contribution < -0.4 is 10.2 Å². The third-order valence-electron chi connectivity index (χ3n) is 2.07. The summed E-state index contributed by atoms with van der Waals surface area (Å²) in [7, 11) is 0. The van der Waals surface area contributed by atoms with E-state index in [1.807, 2.05) is 0 Å². The van der Waals surface area contributed by atoms with Crippen LogP contribution in [-0.4, -0.2) is 19.1 Å². The highest BCUT2D eigenvalue weighted by Crippen LogP contribution is 2.19. The monoisotopic (exact) mass is 198 g/mol. The first-order valence-electron chi connectivity index (χ1n) is 4.19. The van der Waals surface area contributed by atoms with E-state index in [-0.39, 0.29) is 6.03 Å². The summed E-state index contributed by atoms with van der Waals surface area (Å²) in [5.74, 6) is -1.85. The fraction of sp³-hybridized carbons (Fsp3) is 0.222. The van der Waals surface area contributed by atoms with Gasteiger partial charge in [-0.3, -0.25) is 4.90 Å². The zero-order valence-electron chi connectivity index (χ0n) is 7.26. The van der Waals surface area contributed by atoms with Crippen molar-refractivity contribution in [2.45, 2.75) is 0 Å². The summed E-state index contributed by atoms with van der Waals surface area (Å²) in [6, 6.07) is 3.12.